The standard InChI is InChI=1S/C9H12N2O5S/c1-7(6-12)10-17(15,16)9-4-2-3-8(5-9)11(13)14/h2-5,7,10,12H,6H2,1H3/t7-/m0/s1. The predicted molar refractivity (Wildman–Crippen MR) is 60.0 cm³/mol. The van der Waals surface area contributed by atoms with Gasteiger partial charge in [-0.15, -0.1) is 0 Å². The van der Waals surface area contributed by atoms with Crippen molar-refractivity contribution in [2.75, 3.05) is 6.61 Å². The van der Waals surface area contributed by atoms with E-state index in [-0.39, 0.29) is 17.2 Å². The number of nitro benzene ring substituents is 1. The third-order valence-electron chi connectivity index (χ3n) is 1.97. The van der Waals surface area contributed by atoms with E-state index in [1.54, 1.807) is 0 Å². The van der Waals surface area contributed by atoms with Gasteiger partial charge in [-0.3, -0.25) is 10.1 Å². The van der Waals surface area contributed by atoms with Crippen LogP contribution in [0.15, 0.2) is 29.2 Å². The molecule has 1 aromatic rings. The van der Waals surface area contributed by atoms with E-state index in [1.807, 2.05) is 0 Å². The summed E-state index contributed by atoms with van der Waals surface area (Å²) in [6.45, 7) is 1.13. The molecule has 0 fully saturated rings. The SMILES string of the molecule is C[C@@H](CO)NS(=O)(=O)c1cccc([N+](=O)[O-])c1. The molecule has 0 heterocycles. The smallest absolute Gasteiger partial charge is 0.270 e. The largest absolute Gasteiger partial charge is 0.395 e. The summed E-state index contributed by atoms with van der Waals surface area (Å²) >= 11 is 0. The lowest BCUT2D eigenvalue weighted by Crippen LogP contribution is -2.34. The van der Waals surface area contributed by atoms with Crippen molar-refractivity contribution < 1.29 is 18.4 Å². The Morgan fingerprint density at radius 1 is 1.53 bits per heavy atom. The molecular weight excluding hydrogens is 248 g/mol. The Labute approximate surface area is 98.3 Å². The zero-order valence-electron chi connectivity index (χ0n) is 9.03. The Hall–Kier alpha value is -1.51. The topological polar surface area (TPSA) is 110 Å². The maximum absolute atomic E-state index is 11.7. The van der Waals surface area contributed by atoms with Crippen LogP contribution in [0.5, 0.6) is 0 Å². The monoisotopic (exact) mass is 260 g/mol. The Morgan fingerprint density at radius 3 is 2.71 bits per heavy atom. The highest BCUT2D eigenvalue weighted by Gasteiger charge is 2.19. The van der Waals surface area contributed by atoms with Crippen molar-refractivity contribution in [3.63, 3.8) is 0 Å². The summed E-state index contributed by atoms with van der Waals surface area (Å²) in [7, 11) is -3.84. The summed E-state index contributed by atoms with van der Waals surface area (Å²) in [5, 5.41) is 19.3. The molecule has 7 nitrogen and oxygen atoms in total. The number of nitro groups is 1. The van der Waals surface area contributed by atoms with E-state index in [0.717, 1.165) is 6.07 Å². The number of hydrogen-bond donors (Lipinski definition) is 2. The van der Waals surface area contributed by atoms with Crippen LogP contribution in [0.3, 0.4) is 0 Å². The van der Waals surface area contributed by atoms with E-state index in [2.05, 4.69) is 4.72 Å². The highest BCUT2D eigenvalue weighted by Crippen LogP contribution is 2.17. The maximum Gasteiger partial charge on any atom is 0.270 e. The molecule has 8 heteroatoms. The second kappa shape index (κ2) is 5.21. The van der Waals surface area contributed by atoms with E-state index in [0.29, 0.717) is 0 Å². The van der Waals surface area contributed by atoms with Crippen molar-refractivity contribution in [3.8, 4) is 0 Å². The second-order valence-corrected chi connectivity index (χ2v) is 5.17. The molecule has 94 valence electrons. The molecule has 0 aromatic heterocycles. The van der Waals surface area contributed by atoms with Crippen LogP contribution in [-0.4, -0.2) is 31.1 Å². The molecule has 0 spiro atoms. The van der Waals surface area contributed by atoms with Crippen molar-refractivity contribution >= 4 is 15.7 Å². The van der Waals surface area contributed by atoms with E-state index in [9.17, 15) is 18.5 Å². The fraction of sp³-hybridized carbons (Fsp3) is 0.333. The number of aliphatic hydroxyl groups excluding tert-OH is 1. The number of rotatable bonds is 5. The van der Waals surface area contributed by atoms with Crippen molar-refractivity contribution in [2.24, 2.45) is 0 Å². The normalized spacial score (nSPS) is 13.3. The van der Waals surface area contributed by atoms with Crippen LogP contribution < -0.4 is 4.72 Å². The highest BCUT2D eigenvalue weighted by molar-refractivity contribution is 7.89. The minimum absolute atomic E-state index is 0.202. The Balaban J connectivity index is 3.07. The number of sulfonamides is 1. The Kier molecular flexibility index (Phi) is 4.16. The lowest BCUT2D eigenvalue weighted by molar-refractivity contribution is -0.385. The van der Waals surface area contributed by atoms with Crippen LogP contribution in [-0.2, 0) is 10.0 Å². The first kappa shape index (κ1) is 13.6. The summed E-state index contributed by atoms with van der Waals surface area (Å²) in [6.07, 6.45) is 0. The van der Waals surface area contributed by atoms with Gasteiger partial charge in [-0.25, -0.2) is 13.1 Å². The molecule has 0 unspecified atom stereocenters. The Bertz CT molecular complexity index is 514. The molecule has 1 aromatic carbocycles. The zero-order chi connectivity index (χ0) is 13.1. The lowest BCUT2D eigenvalue weighted by atomic mass is 10.3. The van der Waals surface area contributed by atoms with Crippen LogP contribution >= 0.6 is 0 Å². The Morgan fingerprint density at radius 2 is 2.18 bits per heavy atom. The number of nitrogens with one attached hydrogen (secondary N) is 1. The van der Waals surface area contributed by atoms with Crippen molar-refractivity contribution in [1.82, 2.24) is 4.72 Å². The van der Waals surface area contributed by atoms with Gasteiger partial charge in [-0.1, -0.05) is 6.07 Å². The molecule has 0 radical (unpaired) electrons. The molecular formula is C9H12N2O5S. The average molecular weight is 260 g/mol. The first-order valence-corrected chi connectivity index (χ1v) is 6.23. The summed E-state index contributed by atoms with van der Waals surface area (Å²) < 4.78 is 25.7. The first-order valence-electron chi connectivity index (χ1n) is 4.74. The average Bonchev–Trinajstić information content (AvgIpc) is 2.28. The van der Waals surface area contributed by atoms with Crippen molar-refractivity contribution in [2.45, 2.75) is 17.9 Å². The zero-order valence-corrected chi connectivity index (χ0v) is 9.85. The van der Waals surface area contributed by atoms with Gasteiger partial charge in [0.05, 0.1) is 16.4 Å². The summed E-state index contributed by atoms with van der Waals surface area (Å²) in [5.74, 6) is 0. The number of benzene rings is 1. The summed E-state index contributed by atoms with van der Waals surface area (Å²) in [5.41, 5.74) is -0.301. The molecule has 17 heavy (non-hydrogen) atoms. The fourth-order valence-electron chi connectivity index (χ4n) is 1.13. The quantitative estimate of drug-likeness (QED) is 0.582. The first-order chi connectivity index (χ1) is 7.86. The lowest BCUT2D eigenvalue weighted by Gasteiger charge is -2.11. The van der Waals surface area contributed by atoms with Crippen molar-refractivity contribution in [1.29, 1.82) is 0 Å². The minimum atomic E-state index is -3.84. The second-order valence-electron chi connectivity index (χ2n) is 3.46. The van der Waals surface area contributed by atoms with Gasteiger partial charge < -0.3 is 5.11 Å². The van der Waals surface area contributed by atoms with Crippen LogP contribution in [0.4, 0.5) is 5.69 Å². The number of non-ortho nitro benzene ring substituents is 1. The van der Waals surface area contributed by atoms with Gasteiger partial charge >= 0.3 is 0 Å². The third kappa shape index (κ3) is 3.48. The van der Waals surface area contributed by atoms with Crippen LogP contribution in [0.1, 0.15) is 6.92 Å². The molecule has 1 atom stereocenters. The number of aliphatic hydroxyl groups is 1. The number of hydrogen-bond acceptors (Lipinski definition) is 5. The van der Waals surface area contributed by atoms with Gasteiger partial charge in [0.1, 0.15) is 0 Å². The van der Waals surface area contributed by atoms with Crippen LogP contribution in [0, 0.1) is 10.1 Å². The van der Waals surface area contributed by atoms with E-state index < -0.39 is 21.0 Å². The summed E-state index contributed by atoms with van der Waals surface area (Å²) in [6, 6.07) is 4.05. The summed E-state index contributed by atoms with van der Waals surface area (Å²) in [4.78, 5) is 9.63. The molecule has 0 saturated heterocycles. The van der Waals surface area contributed by atoms with Gasteiger partial charge in [0, 0.05) is 18.2 Å². The van der Waals surface area contributed by atoms with Crippen LogP contribution in [0.2, 0.25) is 0 Å². The van der Waals surface area contributed by atoms with Gasteiger partial charge in [-0.2, -0.15) is 0 Å². The molecule has 0 amide bonds. The van der Waals surface area contributed by atoms with Crippen LogP contribution in [0.25, 0.3) is 0 Å². The number of nitrogens with zero attached hydrogens (tertiary/aromatic N) is 1. The molecule has 0 saturated carbocycles. The van der Waals surface area contributed by atoms with E-state index in [1.165, 1.54) is 25.1 Å². The molecule has 2 N–H and O–H groups in total. The highest BCUT2D eigenvalue weighted by atomic mass is 32.2. The minimum Gasteiger partial charge on any atom is -0.395 e. The third-order valence-corrected chi connectivity index (χ3v) is 3.56. The molecule has 0 aliphatic rings. The molecule has 0 aliphatic carbocycles. The van der Waals surface area contributed by atoms with Gasteiger partial charge in [0.15, 0.2) is 0 Å². The predicted octanol–water partition coefficient (Wildman–Crippen LogP) is 0.254. The fourth-order valence-corrected chi connectivity index (χ4v) is 2.41. The van der Waals surface area contributed by atoms with Gasteiger partial charge in [0.2, 0.25) is 10.0 Å². The van der Waals surface area contributed by atoms with Gasteiger partial charge in [-0.05, 0) is 13.0 Å². The molecule has 0 aliphatic heterocycles. The van der Waals surface area contributed by atoms with Gasteiger partial charge in [0.25, 0.3) is 5.69 Å². The maximum atomic E-state index is 11.7. The van der Waals surface area contributed by atoms with Crippen molar-refractivity contribution in [3.05, 3.63) is 34.4 Å². The molecule has 1 rings (SSSR count). The van der Waals surface area contributed by atoms with E-state index in [4.69, 9.17) is 5.11 Å². The van der Waals surface area contributed by atoms with E-state index >= 15 is 0 Å². The molecule has 0 bridgehead atoms.